The summed E-state index contributed by atoms with van der Waals surface area (Å²) in [5, 5.41) is 9.80. The molecular weight excluding hydrogens is 432 g/mol. The van der Waals surface area contributed by atoms with E-state index < -0.39 is 6.10 Å². The van der Waals surface area contributed by atoms with Gasteiger partial charge >= 0.3 is 0 Å². The molecule has 0 unspecified atom stereocenters. The fourth-order valence-electron chi connectivity index (χ4n) is 3.87. The van der Waals surface area contributed by atoms with Crippen LogP contribution in [-0.2, 0) is 0 Å². The highest BCUT2D eigenvalue weighted by molar-refractivity contribution is 5.97. The number of ether oxygens (including phenoxy) is 1. The Bertz CT molecular complexity index is 1110. The summed E-state index contributed by atoms with van der Waals surface area (Å²) in [4.78, 5) is 38.0. The Morgan fingerprint density at radius 3 is 2.76 bits per heavy atom. The number of rotatable bonds is 5. The van der Waals surface area contributed by atoms with Gasteiger partial charge in [-0.25, -0.2) is 4.98 Å². The molecule has 0 radical (unpaired) electrons. The lowest BCUT2D eigenvalue weighted by Gasteiger charge is -2.37. The molecule has 1 saturated carbocycles. The Kier molecular flexibility index (Phi) is 7.13. The number of carbonyl (C=O) groups excluding carboxylic acids is 2. The second-order valence-electron chi connectivity index (χ2n) is 9.16. The fourth-order valence-corrected chi connectivity index (χ4v) is 3.87. The monoisotopic (exact) mass is 462 g/mol. The molecule has 1 aliphatic carbocycles. The summed E-state index contributed by atoms with van der Waals surface area (Å²) in [6.07, 6.45) is 6.60. The van der Waals surface area contributed by atoms with Gasteiger partial charge in [-0.1, -0.05) is 18.8 Å². The number of aliphatic hydroxyl groups excluding tert-OH is 1. The molecule has 4 rings (SSSR count). The minimum Gasteiger partial charge on any atom is -0.472 e. The third kappa shape index (κ3) is 5.37. The van der Waals surface area contributed by atoms with Crippen LogP contribution < -0.4 is 4.74 Å². The second kappa shape index (κ2) is 10.2. The molecule has 0 bridgehead atoms. The summed E-state index contributed by atoms with van der Waals surface area (Å²) < 4.78 is 6.26. The van der Waals surface area contributed by atoms with Gasteiger partial charge < -0.3 is 19.6 Å². The van der Waals surface area contributed by atoms with Crippen LogP contribution >= 0.6 is 0 Å². The molecule has 0 spiro atoms. The van der Waals surface area contributed by atoms with Crippen molar-refractivity contribution in [2.75, 3.05) is 26.7 Å². The van der Waals surface area contributed by atoms with Crippen molar-refractivity contribution in [3.63, 3.8) is 0 Å². The number of nitrogens with zero attached hydrogens (tertiary/aromatic N) is 4. The fraction of sp³-hybridized carbons (Fsp3) is 0.462. The summed E-state index contributed by atoms with van der Waals surface area (Å²) in [6.45, 7) is 4.31. The van der Waals surface area contributed by atoms with Crippen molar-refractivity contribution in [1.82, 2.24) is 19.8 Å². The van der Waals surface area contributed by atoms with Gasteiger partial charge in [-0.2, -0.15) is 0 Å². The third-order valence-electron chi connectivity index (χ3n) is 6.25. The number of aromatic nitrogens is 2. The van der Waals surface area contributed by atoms with Crippen LogP contribution in [0.3, 0.4) is 0 Å². The van der Waals surface area contributed by atoms with Crippen LogP contribution in [0.2, 0.25) is 0 Å². The smallest absolute Gasteiger partial charge is 0.259 e. The van der Waals surface area contributed by atoms with E-state index in [-0.39, 0.29) is 36.3 Å². The van der Waals surface area contributed by atoms with Gasteiger partial charge in [0.15, 0.2) is 0 Å². The highest BCUT2D eigenvalue weighted by Gasteiger charge is 2.34. The van der Waals surface area contributed by atoms with E-state index in [1.165, 1.54) is 0 Å². The predicted molar refractivity (Wildman–Crippen MR) is 126 cm³/mol. The van der Waals surface area contributed by atoms with Crippen molar-refractivity contribution < 1.29 is 19.4 Å². The average molecular weight is 463 g/mol. The molecule has 8 nitrogen and oxygen atoms in total. The van der Waals surface area contributed by atoms with Crippen molar-refractivity contribution in [3.8, 4) is 17.7 Å². The molecular formula is C26H30N4O4. The van der Waals surface area contributed by atoms with Crippen molar-refractivity contribution in [2.24, 2.45) is 11.8 Å². The van der Waals surface area contributed by atoms with Gasteiger partial charge in [0.2, 0.25) is 5.88 Å². The Balaban J connectivity index is 1.63. The van der Waals surface area contributed by atoms with Crippen LogP contribution in [0.4, 0.5) is 0 Å². The zero-order chi connectivity index (χ0) is 24.2. The highest BCUT2D eigenvalue weighted by Crippen LogP contribution is 2.29. The highest BCUT2D eigenvalue weighted by atomic mass is 16.5. The van der Waals surface area contributed by atoms with Crippen LogP contribution in [0.1, 0.15) is 53.0 Å². The molecule has 178 valence electrons. The van der Waals surface area contributed by atoms with E-state index in [1.807, 2.05) is 13.8 Å². The molecule has 1 fully saturated rings. The molecule has 0 saturated heterocycles. The standard InChI is InChI=1S/C26H30N4O4/c1-17-14-30(18(2)16-31)26(33)22-12-20(7-6-19-4-5-19)13-28-24(22)34-23(17)15-29(3)25(32)21-8-10-27-11-9-21/h8-13,17-19,23,31H,4-5,14-16H2,1-3H3/t17-,18+,23-/m0/s1. The largest absolute Gasteiger partial charge is 0.472 e. The van der Waals surface area contributed by atoms with Crippen LogP contribution in [0.25, 0.3) is 0 Å². The Labute approximate surface area is 200 Å². The van der Waals surface area contributed by atoms with E-state index in [2.05, 4.69) is 21.8 Å². The minimum absolute atomic E-state index is 0.116. The third-order valence-corrected chi connectivity index (χ3v) is 6.25. The van der Waals surface area contributed by atoms with Gasteiger partial charge in [0.1, 0.15) is 11.7 Å². The maximum absolute atomic E-state index is 13.4. The Morgan fingerprint density at radius 2 is 2.09 bits per heavy atom. The summed E-state index contributed by atoms with van der Waals surface area (Å²) >= 11 is 0. The molecule has 2 aliphatic rings. The van der Waals surface area contributed by atoms with Crippen LogP contribution in [0.5, 0.6) is 5.88 Å². The molecule has 34 heavy (non-hydrogen) atoms. The van der Waals surface area contributed by atoms with Gasteiger partial charge in [-0.3, -0.25) is 14.6 Å². The molecule has 8 heteroatoms. The first-order valence-corrected chi connectivity index (χ1v) is 11.6. The summed E-state index contributed by atoms with van der Waals surface area (Å²) in [5.74, 6) is 6.45. The summed E-state index contributed by atoms with van der Waals surface area (Å²) in [5.41, 5.74) is 1.52. The number of hydrogen-bond acceptors (Lipinski definition) is 6. The van der Waals surface area contributed by atoms with Crippen molar-refractivity contribution >= 4 is 11.8 Å². The molecule has 1 aliphatic heterocycles. The van der Waals surface area contributed by atoms with E-state index in [0.29, 0.717) is 35.7 Å². The lowest BCUT2D eigenvalue weighted by Crippen LogP contribution is -2.50. The van der Waals surface area contributed by atoms with Crippen molar-refractivity contribution in [3.05, 3.63) is 53.5 Å². The van der Waals surface area contributed by atoms with Gasteiger partial charge in [0.05, 0.1) is 19.2 Å². The number of pyridine rings is 2. The van der Waals surface area contributed by atoms with Crippen LogP contribution in [0.15, 0.2) is 36.8 Å². The first-order valence-electron chi connectivity index (χ1n) is 11.6. The van der Waals surface area contributed by atoms with E-state index in [1.54, 1.807) is 53.6 Å². The molecule has 3 heterocycles. The van der Waals surface area contributed by atoms with E-state index in [9.17, 15) is 14.7 Å². The zero-order valence-electron chi connectivity index (χ0n) is 19.8. The van der Waals surface area contributed by atoms with Crippen molar-refractivity contribution in [1.29, 1.82) is 0 Å². The molecule has 2 aromatic rings. The number of fused-ring (bicyclic) bond motifs is 1. The lowest BCUT2D eigenvalue weighted by molar-refractivity contribution is 0.0313. The normalized spacial score (nSPS) is 20.7. The lowest BCUT2D eigenvalue weighted by atomic mass is 9.99. The quantitative estimate of drug-likeness (QED) is 0.685. The number of likely N-dealkylation sites (N-methyl/N-ethyl adjacent to an activating group) is 1. The number of carbonyl (C=O) groups is 2. The van der Waals surface area contributed by atoms with Gasteiger partial charge in [0.25, 0.3) is 11.8 Å². The first-order chi connectivity index (χ1) is 16.4. The number of hydrogen-bond donors (Lipinski definition) is 1. The predicted octanol–water partition coefficient (Wildman–Crippen LogP) is 2.23. The molecule has 3 atom stereocenters. The molecule has 0 aromatic carbocycles. The Hall–Kier alpha value is -3.44. The Morgan fingerprint density at radius 1 is 1.35 bits per heavy atom. The average Bonchev–Trinajstić information content (AvgIpc) is 3.69. The SMILES string of the molecule is C[C@H](CO)N1C[C@H](C)[C@H](CN(C)C(=O)c2ccncc2)Oc2ncc(C#CC3CC3)cc2C1=O. The van der Waals surface area contributed by atoms with Gasteiger partial charge in [-0.15, -0.1) is 0 Å². The maximum Gasteiger partial charge on any atom is 0.259 e. The number of amides is 2. The van der Waals surface area contributed by atoms with E-state index in [4.69, 9.17) is 4.74 Å². The molecule has 2 amide bonds. The van der Waals surface area contributed by atoms with Gasteiger partial charge in [-0.05, 0) is 38.0 Å². The van der Waals surface area contributed by atoms with Crippen molar-refractivity contribution in [2.45, 2.75) is 38.8 Å². The molecule has 1 N–H and O–H groups in total. The zero-order valence-corrected chi connectivity index (χ0v) is 19.8. The minimum atomic E-state index is -0.410. The molecule has 2 aromatic heterocycles. The van der Waals surface area contributed by atoms with E-state index in [0.717, 1.165) is 12.8 Å². The van der Waals surface area contributed by atoms with Crippen LogP contribution in [-0.4, -0.2) is 75.6 Å². The second-order valence-corrected chi connectivity index (χ2v) is 9.16. The van der Waals surface area contributed by atoms with Crippen LogP contribution in [0, 0.1) is 23.7 Å². The maximum atomic E-state index is 13.4. The van der Waals surface area contributed by atoms with Gasteiger partial charge in [0, 0.05) is 55.1 Å². The number of aliphatic hydroxyl groups is 1. The van der Waals surface area contributed by atoms with E-state index >= 15 is 0 Å². The first kappa shape index (κ1) is 23.7. The summed E-state index contributed by atoms with van der Waals surface area (Å²) in [7, 11) is 1.72. The summed E-state index contributed by atoms with van der Waals surface area (Å²) in [6, 6.07) is 4.69. The topological polar surface area (TPSA) is 95.9 Å².